The van der Waals surface area contributed by atoms with Crippen LogP contribution < -0.4 is 5.32 Å². The van der Waals surface area contributed by atoms with Crippen LogP contribution in [0.15, 0.2) is 24.3 Å². The summed E-state index contributed by atoms with van der Waals surface area (Å²) >= 11 is 0. The summed E-state index contributed by atoms with van der Waals surface area (Å²) in [6, 6.07) is 9.06. The van der Waals surface area contributed by atoms with Crippen molar-refractivity contribution in [1.29, 1.82) is 0 Å². The molecule has 1 saturated heterocycles. The zero-order valence-corrected chi connectivity index (χ0v) is 13.5. The molecule has 2 aliphatic rings. The Kier molecular flexibility index (Phi) is 4.79. The van der Waals surface area contributed by atoms with Gasteiger partial charge in [-0.3, -0.25) is 4.79 Å². The van der Waals surface area contributed by atoms with Crippen molar-refractivity contribution in [2.45, 2.75) is 51.3 Å². The van der Waals surface area contributed by atoms with Gasteiger partial charge in [0.1, 0.15) is 6.10 Å². The summed E-state index contributed by atoms with van der Waals surface area (Å²) in [5.41, 5.74) is 2.54. The van der Waals surface area contributed by atoms with E-state index < -0.39 is 0 Å². The van der Waals surface area contributed by atoms with Crippen LogP contribution in [-0.2, 0) is 16.1 Å². The molecule has 1 unspecified atom stereocenters. The molecule has 4 nitrogen and oxygen atoms in total. The van der Waals surface area contributed by atoms with Crippen LogP contribution >= 0.6 is 0 Å². The van der Waals surface area contributed by atoms with Crippen molar-refractivity contribution < 1.29 is 9.53 Å². The fraction of sp³-hybridized carbons (Fsp3) is 0.611. The molecule has 1 heterocycles. The van der Waals surface area contributed by atoms with E-state index in [1.54, 1.807) is 0 Å². The number of ether oxygens (including phenoxy) is 1. The first-order chi connectivity index (χ1) is 10.6. The maximum absolute atomic E-state index is 12.7. The zero-order chi connectivity index (χ0) is 15.5. The van der Waals surface area contributed by atoms with Crippen LogP contribution in [0.1, 0.15) is 43.7 Å². The fourth-order valence-corrected chi connectivity index (χ4v) is 2.89. The first-order valence-corrected chi connectivity index (χ1v) is 8.37. The van der Waals surface area contributed by atoms with Gasteiger partial charge >= 0.3 is 0 Å². The number of morpholine rings is 1. The van der Waals surface area contributed by atoms with Crippen molar-refractivity contribution in [3.63, 3.8) is 0 Å². The molecule has 0 radical (unpaired) electrons. The predicted octanol–water partition coefficient (Wildman–Crippen LogP) is 2.29. The number of hydrogen-bond acceptors (Lipinski definition) is 3. The van der Waals surface area contributed by atoms with Gasteiger partial charge in [0, 0.05) is 25.7 Å². The van der Waals surface area contributed by atoms with Crippen molar-refractivity contribution in [3.8, 4) is 0 Å². The number of carbonyl (C=O) groups is 1. The van der Waals surface area contributed by atoms with Gasteiger partial charge in [-0.25, -0.2) is 0 Å². The molecule has 22 heavy (non-hydrogen) atoms. The van der Waals surface area contributed by atoms with Crippen molar-refractivity contribution >= 4 is 5.91 Å². The van der Waals surface area contributed by atoms with E-state index in [1.165, 1.54) is 11.1 Å². The number of carbonyl (C=O) groups excluding carboxylic acids is 1. The van der Waals surface area contributed by atoms with Crippen LogP contribution in [0.25, 0.3) is 0 Å². The summed E-state index contributed by atoms with van der Waals surface area (Å²) in [5.74, 6) is 0.680. The molecule has 2 fully saturated rings. The Labute approximate surface area is 132 Å². The third kappa shape index (κ3) is 3.68. The minimum atomic E-state index is -0.315. The molecule has 3 rings (SSSR count). The molecule has 4 heteroatoms. The zero-order valence-electron chi connectivity index (χ0n) is 13.5. The molecule has 1 aliphatic heterocycles. The lowest BCUT2D eigenvalue weighted by molar-refractivity contribution is -0.146. The normalized spacial score (nSPS) is 21.9. The maximum Gasteiger partial charge on any atom is 0.253 e. The monoisotopic (exact) mass is 302 g/mol. The SMILES string of the molecule is CC(C)c1ccc(CN(C(=O)C2CNCCO2)C2CC2)cc1. The predicted molar refractivity (Wildman–Crippen MR) is 86.7 cm³/mol. The minimum absolute atomic E-state index is 0.141. The van der Waals surface area contributed by atoms with Gasteiger partial charge in [-0.05, 0) is 29.9 Å². The standard InChI is InChI=1S/C18H26N2O2/c1-13(2)15-5-3-14(4-6-15)12-20(16-7-8-16)18(21)17-11-19-9-10-22-17/h3-6,13,16-17,19H,7-12H2,1-2H3. The highest BCUT2D eigenvalue weighted by Crippen LogP contribution is 2.29. The highest BCUT2D eigenvalue weighted by molar-refractivity contribution is 5.82. The van der Waals surface area contributed by atoms with E-state index in [9.17, 15) is 4.79 Å². The highest BCUT2D eigenvalue weighted by Gasteiger charge is 2.36. The van der Waals surface area contributed by atoms with Gasteiger partial charge in [-0.1, -0.05) is 38.1 Å². The number of nitrogens with zero attached hydrogens (tertiary/aromatic N) is 1. The number of rotatable bonds is 5. The van der Waals surface area contributed by atoms with Crippen molar-refractivity contribution in [2.75, 3.05) is 19.7 Å². The Morgan fingerprint density at radius 3 is 2.59 bits per heavy atom. The van der Waals surface area contributed by atoms with Crippen molar-refractivity contribution in [1.82, 2.24) is 10.2 Å². The molecule has 0 spiro atoms. The van der Waals surface area contributed by atoms with Crippen LogP contribution in [0.4, 0.5) is 0 Å². The smallest absolute Gasteiger partial charge is 0.253 e. The summed E-state index contributed by atoms with van der Waals surface area (Å²) < 4.78 is 5.63. The molecule has 0 bridgehead atoms. The van der Waals surface area contributed by atoms with Crippen LogP contribution in [0, 0.1) is 0 Å². The molecule has 0 aromatic heterocycles. The van der Waals surface area contributed by atoms with Crippen LogP contribution in [0.3, 0.4) is 0 Å². The van der Waals surface area contributed by atoms with Crippen molar-refractivity contribution in [2.24, 2.45) is 0 Å². The minimum Gasteiger partial charge on any atom is -0.366 e. The largest absolute Gasteiger partial charge is 0.366 e. The van der Waals surface area contributed by atoms with Gasteiger partial charge in [-0.15, -0.1) is 0 Å². The average molecular weight is 302 g/mol. The van der Waals surface area contributed by atoms with E-state index >= 15 is 0 Å². The molecule has 120 valence electrons. The van der Waals surface area contributed by atoms with Gasteiger partial charge in [0.2, 0.25) is 0 Å². The maximum atomic E-state index is 12.7. The molecule has 1 aromatic rings. The summed E-state index contributed by atoms with van der Waals surface area (Å²) in [6.07, 6.45) is 1.93. The van der Waals surface area contributed by atoms with E-state index in [4.69, 9.17) is 4.74 Å². The Morgan fingerprint density at radius 1 is 1.32 bits per heavy atom. The van der Waals surface area contributed by atoms with Gasteiger partial charge in [0.25, 0.3) is 5.91 Å². The highest BCUT2D eigenvalue weighted by atomic mass is 16.5. The second kappa shape index (κ2) is 6.80. The quantitative estimate of drug-likeness (QED) is 0.907. The lowest BCUT2D eigenvalue weighted by Gasteiger charge is -2.30. The van der Waals surface area contributed by atoms with Gasteiger partial charge in [0.15, 0.2) is 0 Å². The lowest BCUT2D eigenvalue weighted by Crippen LogP contribution is -2.49. The Balaban J connectivity index is 1.67. The van der Waals surface area contributed by atoms with Crippen LogP contribution in [-0.4, -0.2) is 42.6 Å². The third-order valence-electron chi connectivity index (χ3n) is 4.47. The van der Waals surface area contributed by atoms with E-state index in [-0.39, 0.29) is 12.0 Å². The number of hydrogen-bond donors (Lipinski definition) is 1. The third-order valence-corrected chi connectivity index (χ3v) is 4.47. The molecular weight excluding hydrogens is 276 g/mol. The number of benzene rings is 1. The average Bonchev–Trinajstić information content (AvgIpc) is 3.38. The lowest BCUT2D eigenvalue weighted by atomic mass is 10.0. The second-order valence-corrected chi connectivity index (χ2v) is 6.66. The number of nitrogens with one attached hydrogen (secondary N) is 1. The van der Waals surface area contributed by atoms with Gasteiger partial charge < -0.3 is 15.0 Å². The van der Waals surface area contributed by atoms with Gasteiger partial charge in [-0.2, -0.15) is 0 Å². The van der Waals surface area contributed by atoms with Crippen molar-refractivity contribution in [3.05, 3.63) is 35.4 Å². The Morgan fingerprint density at radius 2 is 2.05 bits per heavy atom. The first-order valence-electron chi connectivity index (χ1n) is 8.37. The molecule has 1 saturated carbocycles. The second-order valence-electron chi connectivity index (χ2n) is 6.66. The fourth-order valence-electron chi connectivity index (χ4n) is 2.89. The molecule has 1 aliphatic carbocycles. The summed E-state index contributed by atoms with van der Waals surface area (Å²) in [7, 11) is 0. The number of amides is 1. The Hall–Kier alpha value is -1.39. The summed E-state index contributed by atoms with van der Waals surface area (Å²) in [5, 5.41) is 3.24. The van der Waals surface area contributed by atoms with E-state index in [0.717, 1.165) is 19.4 Å². The van der Waals surface area contributed by atoms with Crippen LogP contribution in [0.2, 0.25) is 0 Å². The molecule has 1 N–H and O–H groups in total. The topological polar surface area (TPSA) is 41.6 Å². The first kappa shape index (κ1) is 15.5. The van der Waals surface area contributed by atoms with E-state index in [2.05, 4.69) is 43.4 Å². The molecule has 1 aromatic carbocycles. The van der Waals surface area contributed by atoms with Gasteiger partial charge in [0.05, 0.1) is 6.61 Å². The van der Waals surface area contributed by atoms with E-state index in [1.807, 2.05) is 4.90 Å². The van der Waals surface area contributed by atoms with E-state index in [0.29, 0.717) is 31.7 Å². The molecular formula is C18H26N2O2. The molecule has 1 atom stereocenters. The summed E-state index contributed by atoms with van der Waals surface area (Å²) in [6.45, 7) is 7.18. The molecule has 1 amide bonds. The summed E-state index contributed by atoms with van der Waals surface area (Å²) in [4.78, 5) is 14.7. The Bertz CT molecular complexity index is 502. The van der Waals surface area contributed by atoms with Crippen LogP contribution in [0.5, 0.6) is 0 Å².